The van der Waals surface area contributed by atoms with Crippen molar-refractivity contribution in [1.82, 2.24) is 15.3 Å². The average molecular weight is 290 g/mol. The van der Waals surface area contributed by atoms with Crippen molar-refractivity contribution in [2.45, 2.75) is 70.5 Å². The van der Waals surface area contributed by atoms with Crippen LogP contribution in [0.25, 0.3) is 0 Å². The van der Waals surface area contributed by atoms with Gasteiger partial charge in [0.2, 0.25) is 0 Å². The number of fused-ring (bicyclic) bond motifs is 2. The third-order valence-electron chi connectivity index (χ3n) is 4.82. The lowest BCUT2D eigenvalue weighted by molar-refractivity contribution is 0.347. The normalized spacial score (nSPS) is 28.1. The Hall–Kier alpha value is -1.36. The molecular weight excluding hydrogens is 264 g/mol. The van der Waals surface area contributed by atoms with Crippen molar-refractivity contribution in [3.63, 3.8) is 0 Å². The Morgan fingerprint density at radius 3 is 2.57 bits per heavy atom. The van der Waals surface area contributed by atoms with E-state index in [2.05, 4.69) is 36.0 Å². The lowest BCUT2D eigenvalue weighted by Gasteiger charge is -2.38. The highest BCUT2D eigenvalue weighted by Gasteiger charge is 2.36. The first-order valence-electron chi connectivity index (χ1n) is 8.20. The molecule has 3 heterocycles. The summed E-state index contributed by atoms with van der Waals surface area (Å²) in [5.41, 5.74) is -0.0425. The van der Waals surface area contributed by atoms with Crippen LogP contribution >= 0.6 is 0 Å². The fraction of sp³-hybridized carbons (Fsp3) is 0.750. The summed E-state index contributed by atoms with van der Waals surface area (Å²) in [6.07, 6.45) is 4.91. The zero-order valence-corrected chi connectivity index (χ0v) is 13.2. The molecule has 5 nitrogen and oxygen atoms in total. The summed E-state index contributed by atoms with van der Waals surface area (Å²) in [7, 11) is 0. The summed E-state index contributed by atoms with van der Waals surface area (Å²) < 4.78 is 0. The van der Waals surface area contributed by atoms with E-state index in [4.69, 9.17) is 4.98 Å². The monoisotopic (exact) mass is 290 g/mol. The van der Waals surface area contributed by atoms with Gasteiger partial charge in [0.25, 0.3) is 5.56 Å². The molecule has 2 aliphatic heterocycles. The standard InChI is InChI=1S/C16H26N4O/c1-4-20(13-7-11-5-6-12(8-13)17-11)14-9-15(21)19-16(18-14)10(2)3/h9-13,17H,4-8H2,1-3H3,(H,18,19,21). The van der Waals surface area contributed by atoms with Crippen LogP contribution in [0.4, 0.5) is 5.82 Å². The second-order valence-corrected chi connectivity index (χ2v) is 6.69. The molecule has 0 radical (unpaired) electrons. The molecule has 3 rings (SSSR count). The molecule has 0 spiro atoms. The number of aromatic amines is 1. The van der Waals surface area contributed by atoms with E-state index in [1.165, 1.54) is 12.8 Å². The molecule has 2 atom stereocenters. The predicted molar refractivity (Wildman–Crippen MR) is 84.9 cm³/mol. The highest BCUT2D eigenvalue weighted by atomic mass is 16.1. The van der Waals surface area contributed by atoms with Crippen LogP contribution < -0.4 is 15.8 Å². The fourth-order valence-corrected chi connectivity index (χ4v) is 3.77. The van der Waals surface area contributed by atoms with Crippen molar-refractivity contribution in [3.8, 4) is 0 Å². The van der Waals surface area contributed by atoms with Crippen LogP contribution in [-0.4, -0.2) is 34.6 Å². The van der Waals surface area contributed by atoms with E-state index in [0.29, 0.717) is 18.1 Å². The van der Waals surface area contributed by atoms with Gasteiger partial charge in [0.15, 0.2) is 0 Å². The Bertz CT molecular complexity index is 541. The van der Waals surface area contributed by atoms with Gasteiger partial charge in [-0.3, -0.25) is 4.79 Å². The van der Waals surface area contributed by atoms with E-state index in [-0.39, 0.29) is 11.5 Å². The van der Waals surface area contributed by atoms with Crippen molar-refractivity contribution in [3.05, 3.63) is 22.2 Å². The highest BCUT2D eigenvalue weighted by Crippen LogP contribution is 2.31. The second kappa shape index (κ2) is 5.79. The van der Waals surface area contributed by atoms with Crippen molar-refractivity contribution < 1.29 is 0 Å². The lowest BCUT2D eigenvalue weighted by atomic mass is 9.98. The third kappa shape index (κ3) is 2.98. The van der Waals surface area contributed by atoms with Crippen LogP contribution in [0.15, 0.2) is 10.9 Å². The summed E-state index contributed by atoms with van der Waals surface area (Å²) in [5.74, 6) is 1.87. The number of anilines is 1. The number of hydrogen-bond donors (Lipinski definition) is 2. The zero-order valence-electron chi connectivity index (χ0n) is 13.2. The van der Waals surface area contributed by atoms with Crippen LogP contribution in [0.3, 0.4) is 0 Å². The smallest absolute Gasteiger partial charge is 0.252 e. The maximum Gasteiger partial charge on any atom is 0.252 e. The van der Waals surface area contributed by atoms with Gasteiger partial charge < -0.3 is 15.2 Å². The van der Waals surface area contributed by atoms with E-state index in [1.54, 1.807) is 6.07 Å². The summed E-state index contributed by atoms with van der Waals surface area (Å²) >= 11 is 0. The molecule has 116 valence electrons. The fourth-order valence-electron chi connectivity index (χ4n) is 3.77. The number of aromatic nitrogens is 2. The van der Waals surface area contributed by atoms with E-state index < -0.39 is 0 Å². The minimum atomic E-state index is -0.0425. The van der Waals surface area contributed by atoms with Crippen LogP contribution in [0, 0.1) is 0 Å². The van der Waals surface area contributed by atoms with E-state index in [1.807, 2.05) is 0 Å². The zero-order chi connectivity index (χ0) is 15.0. The topological polar surface area (TPSA) is 61.0 Å². The minimum absolute atomic E-state index is 0.0425. The number of rotatable bonds is 4. The summed E-state index contributed by atoms with van der Waals surface area (Å²) in [4.78, 5) is 21.8. The molecule has 2 bridgehead atoms. The number of hydrogen-bond acceptors (Lipinski definition) is 4. The van der Waals surface area contributed by atoms with Crippen LogP contribution in [0.2, 0.25) is 0 Å². The van der Waals surface area contributed by atoms with Crippen LogP contribution in [-0.2, 0) is 0 Å². The van der Waals surface area contributed by atoms with Crippen LogP contribution in [0.1, 0.15) is 58.2 Å². The maximum absolute atomic E-state index is 11.9. The molecular formula is C16H26N4O. The number of nitrogens with one attached hydrogen (secondary N) is 2. The van der Waals surface area contributed by atoms with E-state index >= 15 is 0 Å². The first-order valence-corrected chi connectivity index (χ1v) is 8.20. The minimum Gasteiger partial charge on any atom is -0.354 e. The Morgan fingerprint density at radius 2 is 2.00 bits per heavy atom. The molecule has 0 aliphatic carbocycles. The molecule has 1 aromatic rings. The molecule has 2 unspecified atom stereocenters. The molecule has 21 heavy (non-hydrogen) atoms. The van der Waals surface area contributed by atoms with E-state index in [9.17, 15) is 4.79 Å². The molecule has 0 aromatic carbocycles. The van der Waals surface area contributed by atoms with Crippen molar-refractivity contribution in [2.75, 3.05) is 11.4 Å². The number of H-pyrrole nitrogens is 1. The van der Waals surface area contributed by atoms with Gasteiger partial charge in [-0.25, -0.2) is 4.98 Å². The summed E-state index contributed by atoms with van der Waals surface area (Å²) in [5, 5.41) is 3.68. The van der Waals surface area contributed by atoms with Gasteiger partial charge in [0.1, 0.15) is 11.6 Å². The molecule has 0 amide bonds. The molecule has 2 fully saturated rings. The Balaban J connectivity index is 1.87. The lowest BCUT2D eigenvalue weighted by Crippen LogP contribution is -2.48. The highest BCUT2D eigenvalue weighted by molar-refractivity contribution is 5.39. The second-order valence-electron chi connectivity index (χ2n) is 6.69. The quantitative estimate of drug-likeness (QED) is 0.890. The number of nitrogens with zero attached hydrogens (tertiary/aromatic N) is 2. The third-order valence-corrected chi connectivity index (χ3v) is 4.82. The largest absolute Gasteiger partial charge is 0.354 e. The summed E-state index contributed by atoms with van der Waals surface area (Å²) in [6, 6.07) is 3.45. The first kappa shape index (κ1) is 14.6. The maximum atomic E-state index is 11.9. The molecule has 5 heteroatoms. The van der Waals surface area contributed by atoms with Gasteiger partial charge in [-0.1, -0.05) is 13.8 Å². The van der Waals surface area contributed by atoms with Crippen LogP contribution in [0.5, 0.6) is 0 Å². The number of piperidine rings is 1. The molecule has 2 N–H and O–H groups in total. The van der Waals surface area contributed by atoms with Crippen molar-refractivity contribution in [2.24, 2.45) is 0 Å². The van der Waals surface area contributed by atoms with Gasteiger partial charge in [-0.15, -0.1) is 0 Å². The van der Waals surface area contributed by atoms with Gasteiger partial charge in [0.05, 0.1) is 0 Å². The molecule has 0 saturated carbocycles. The van der Waals surface area contributed by atoms with Gasteiger partial charge in [0, 0.05) is 36.7 Å². The Labute approximate surface area is 126 Å². The van der Waals surface area contributed by atoms with Gasteiger partial charge >= 0.3 is 0 Å². The van der Waals surface area contributed by atoms with Gasteiger partial charge in [-0.2, -0.15) is 0 Å². The summed E-state index contributed by atoms with van der Waals surface area (Å²) in [6.45, 7) is 7.17. The molecule has 2 aliphatic rings. The molecule has 2 saturated heterocycles. The average Bonchev–Trinajstić information content (AvgIpc) is 2.78. The molecule has 1 aromatic heterocycles. The first-order chi connectivity index (χ1) is 10.1. The predicted octanol–water partition coefficient (Wildman–Crippen LogP) is 2.00. The Kier molecular flexibility index (Phi) is 4.02. The SMILES string of the molecule is CCN(c1cc(=O)[nH]c(C(C)C)n1)C1CC2CCC(C1)N2. The van der Waals surface area contributed by atoms with Gasteiger partial charge in [-0.05, 0) is 32.6 Å². The van der Waals surface area contributed by atoms with Crippen molar-refractivity contribution >= 4 is 5.82 Å². The van der Waals surface area contributed by atoms with E-state index in [0.717, 1.165) is 31.0 Å². The Morgan fingerprint density at radius 1 is 1.33 bits per heavy atom. The van der Waals surface area contributed by atoms with Crippen molar-refractivity contribution in [1.29, 1.82) is 0 Å².